The minimum absolute atomic E-state index is 0.149. The molecule has 4 rings (SSSR count). The van der Waals surface area contributed by atoms with Crippen molar-refractivity contribution in [1.29, 1.82) is 0 Å². The number of fused-ring (bicyclic) bond motifs is 1. The van der Waals surface area contributed by atoms with Gasteiger partial charge >= 0.3 is 12.1 Å². The Labute approximate surface area is 202 Å². The van der Waals surface area contributed by atoms with Crippen molar-refractivity contribution in [1.82, 2.24) is 5.32 Å². The quantitative estimate of drug-likeness (QED) is 0.530. The monoisotopic (exact) mass is 562 g/mol. The van der Waals surface area contributed by atoms with Crippen LogP contribution in [-0.2, 0) is 24.6 Å². The lowest BCUT2D eigenvalue weighted by Gasteiger charge is -2.35. The molecular weight excluding hydrogens is 544 g/mol. The molecule has 0 spiro atoms. The first-order valence-corrected chi connectivity index (χ1v) is 11.4. The number of benzene rings is 2. The molecule has 0 fully saturated rings. The van der Waals surface area contributed by atoms with Crippen LogP contribution in [0.15, 0.2) is 63.6 Å². The number of nitrogens with one attached hydrogen (secondary N) is 1. The number of halogens is 2. The molecule has 9 heteroatoms. The maximum absolute atomic E-state index is 14.1. The molecule has 0 bridgehead atoms. The number of para-hydroxylation sites is 2. The van der Waals surface area contributed by atoms with Gasteiger partial charge in [0.1, 0.15) is 10.1 Å². The summed E-state index contributed by atoms with van der Waals surface area (Å²) in [5.41, 5.74) is -0.887. The summed E-state index contributed by atoms with van der Waals surface area (Å²) in [5, 5.41) is 2.75. The van der Waals surface area contributed by atoms with Crippen LogP contribution >= 0.6 is 31.9 Å². The van der Waals surface area contributed by atoms with Crippen molar-refractivity contribution in [3.05, 3.63) is 69.1 Å². The lowest BCUT2D eigenvalue weighted by Crippen LogP contribution is -2.60. The van der Waals surface area contributed by atoms with Gasteiger partial charge in [-0.05, 0) is 70.8 Å². The van der Waals surface area contributed by atoms with Gasteiger partial charge in [-0.2, -0.15) is 0 Å². The van der Waals surface area contributed by atoms with E-state index in [0.717, 1.165) is 0 Å². The first-order valence-electron chi connectivity index (χ1n) is 9.82. The minimum Gasteiger partial charge on any atom is -0.449 e. The average molecular weight is 564 g/mol. The molecule has 2 heterocycles. The lowest BCUT2D eigenvalue weighted by molar-refractivity contribution is -0.145. The van der Waals surface area contributed by atoms with Gasteiger partial charge in [0.25, 0.3) is 5.91 Å². The van der Waals surface area contributed by atoms with Crippen LogP contribution in [0.4, 0.5) is 16.2 Å². The van der Waals surface area contributed by atoms with Crippen LogP contribution in [0.2, 0.25) is 0 Å². The van der Waals surface area contributed by atoms with Gasteiger partial charge in [0.2, 0.25) is 0 Å². The Kier molecular flexibility index (Phi) is 5.67. The maximum Gasteiger partial charge on any atom is 0.408 e. The van der Waals surface area contributed by atoms with E-state index in [0.29, 0.717) is 21.4 Å². The fraction of sp³-hybridized carbons (Fsp3) is 0.261. The number of rotatable bonds is 3. The minimum atomic E-state index is -1.75. The number of hydrogen-bond acceptors (Lipinski definition) is 5. The second-order valence-corrected chi connectivity index (χ2v) is 10.0. The number of alkyl carbamates (subject to hydrolysis) is 1. The summed E-state index contributed by atoms with van der Waals surface area (Å²) in [6, 6.07) is 16.1. The molecule has 0 aromatic heterocycles. The fourth-order valence-electron chi connectivity index (χ4n) is 3.84. The first-order chi connectivity index (χ1) is 15.1. The van der Waals surface area contributed by atoms with Crippen molar-refractivity contribution in [2.45, 2.75) is 38.0 Å². The molecule has 0 radical (unpaired) electrons. The Hall–Kier alpha value is -2.65. The molecule has 0 saturated carbocycles. The maximum atomic E-state index is 14.1. The zero-order chi connectivity index (χ0) is 23.3. The SMILES string of the molecule is CC(C)(C)OC(=O)N[C@]1([C@H]2OC(=O)C(Br)=C2Br)C(=O)N(c2ccccc2)c2ccccc21. The van der Waals surface area contributed by atoms with Gasteiger partial charge in [-0.15, -0.1) is 0 Å². The van der Waals surface area contributed by atoms with Crippen LogP contribution in [0, 0.1) is 0 Å². The number of nitrogens with zero attached hydrogens (tertiary/aromatic N) is 1. The molecule has 0 saturated heterocycles. The number of amides is 2. The van der Waals surface area contributed by atoms with E-state index in [9.17, 15) is 14.4 Å². The predicted molar refractivity (Wildman–Crippen MR) is 126 cm³/mol. The van der Waals surface area contributed by atoms with E-state index >= 15 is 0 Å². The van der Waals surface area contributed by atoms with Gasteiger partial charge in [-0.25, -0.2) is 9.59 Å². The number of esters is 1. The zero-order valence-electron chi connectivity index (χ0n) is 17.5. The van der Waals surface area contributed by atoms with E-state index < -0.39 is 35.2 Å². The molecule has 1 N–H and O–H groups in total. The van der Waals surface area contributed by atoms with Crippen molar-refractivity contribution in [2.75, 3.05) is 4.90 Å². The van der Waals surface area contributed by atoms with Crippen molar-refractivity contribution in [3.63, 3.8) is 0 Å². The Morgan fingerprint density at radius 3 is 2.28 bits per heavy atom. The van der Waals surface area contributed by atoms with E-state index in [-0.39, 0.29) is 4.48 Å². The third-order valence-electron chi connectivity index (χ3n) is 5.06. The number of carbonyl (C=O) groups is 3. The van der Waals surface area contributed by atoms with Crippen molar-refractivity contribution in [3.8, 4) is 0 Å². The molecule has 32 heavy (non-hydrogen) atoms. The predicted octanol–water partition coefficient (Wildman–Crippen LogP) is 5.01. The molecule has 7 nitrogen and oxygen atoms in total. The molecule has 2 aliphatic heterocycles. The van der Waals surface area contributed by atoms with Gasteiger partial charge in [-0.3, -0.25) is 15.0 Å². The Bertz CT molecular complexity index is 1140. The Morgan fingerprint density at radius 2 is 1.69 bits per heavy atom. The van der Waals surface area contributed by atoms with Crippen molar-refractivity contribution < 1.29 is 23.9 Å². The van der Waals surface area contributed by atoms with Crippen LogP contribution in [0.1, 0.15) is 26.3 Å². The van der Waals surface area contributed by atoms with E-state index in [1.165, 1.54) is 4.90 Å². The summed E-state index contributed by atoms with van der Waals surface area (Å²) in [6.07, 6.45) is -1.95. The largest absolute Gasteiger partial charge is 0.449 e. The Balaban J connectivity index is 1.92. The summed E-state index contributed by atoms with van der Waals surface area (Å²) in [5.74, 6) is -1.12. The normalized spacial score (nSPS) is 22.7. The second kappa shape index (κ2) is 8.04. The molecule has 2 atom stereocenters. The molecule has 0 unspecified atom stereocenters. The number of carbonyl (C=O) groups excluding carboxylic acids is 3. The highest BCUT2D eigenvalue weighted by Crippen LogP contribution is 2.51. The smallest absolute Gasteiger partial charge is 0.408 e. The lowest BCUT2D eigenvalue weighted by atomic mass is 9.85. The molecule has 166 valence electrons. The van der Waals surface area contributed by atoms with Crippen LogP contribution in [0.25, 0.3) is 0 Å². The number of cyclic esters (lactones) is 1. The van der Waals surface area contributed by atoms with Crippen LogP contribution in [0.5, 0.6) is 0 Å². The van der Waals surface area contributed by atoms with Crippen LogP contribution < -0.4 is 10.2 Å². The van der Waals surface area contributed by atoms with E-state index in [4.69, 9.17) is 9.47 Å². The molecule has 0 aliphatic carbocycles. The third kappa shape index (κ3) is 3.63. The van der Waals surface area contributed by atoms with E-state index in [1.807, 2.05) is 18.2 Å². The number of hydrogen-bond donors (Lipinski definition) is 1. The van der Waals surface area contributed by atoms with Gasteiger partial charge < -0.3 is 9.47 Å². The van der Waals surface area contributed by atoms with Gasteiger partial charge in [0, 0.05) is 11.3 Å². The summed E-state index contributed by atoms with van der Waals surface area (Å²) < 4.78 is 11.5. The molecule has 2 aromatic carbocycles. The van der Waals surface area contributed by atoms with Crippen LogP contribution in [-0.4, -0.2) is 29.7 Å². The summed E-state index contributed by atoms with van der Waals surface area (Å²) in [6.45, 7) is 5.17. The number of anilines is 2. The van der Waals surface area contributed by atoms with Gasteiger partial charge in [-0.1, -0.05) is 36.4 Å². The molecule has 2 amide bonds. The molecule has 2 aromatic rings. The highest BCUT2D eigenvalue weighted by Gasteiger charge is 2.62. The highest BCUT2D eigenvalue weighted by atomic mass is 79.9. The van der Waals surface area contributed by atoms with E-state index in [2.05, 4.69) is 37.2 Å². The zero-order valence-corrected chi connectivity index (χ0v) is 20.7. The second-order valence-electron chi connectivity index (χ2n) is 8.38. The topological polar surface area (TPSA) is 84.9 Å². The van der Waals surface area contributed by atoms with E-state index in [1.54, 1.807) is 57.2 Å². The first kappa shape index (κ1) is 22.5. The summed E-state index contributed by atoms with van der Waals surface area (Å²) >= 11 is 6.59. The molecule has 2 aliphatic rings. The van der Waals surface area contributed by atoms with Crippen LogP contribution in [0.3, 0.4) is 0 Å². The molecular formula is C23H20Br2N2O5. The van der Waals surface area contributed by atoms with Crippen molar-refractivity contribution >= 4 is 61.2 Å². The number of ether oxygens (including phenoxy) is 2. The van der Waals surface area contributed by atoms with Gasteiger partial charge in [0.05, 0.1) is 10.2 Å². The summed E-state index contributed by atoms with van der Waals surface area (Å²) in [4.78, 5) is 41.0. The van der Waals surface area contributed by atoms with Crippen molar-refractivity contribution in [2.24, 2.45) is 0 Å². The highest BCUT2D eigenvalue weighted by molar-refractivity contribution is 9.14. The summed E-state index contributed by atoms with van der Waals surface area (Å²) in [7, 11) is 0. The average Bonchev–Trinajstić information content (AvgIpc) is 3.13. The third-order valence-corrected chi connectivity index (χ3v) is 7.16. The Morgan fingerprint density at radius 1 is 1.06 bits per heavy atom. The fourth-order valence-corrected chi connectivity index (χ4v) is 4.74. The standard InChI is InChI=1S/C23H20Br2N2O5/c1-22(2,3)32-21(30)26-23(18-16(24)17(25)19(28)31-18)14-11-7-8-12-15(14)27(20(23)29)13-9-5-4-6-10-13/h4-12,18H,1-3H3,(H,26,30)/t18-,23+/m0/s1. The van der Waals surface area contributed by atoms with Gasteiger partial charge in [0.15, 0.2) is 11.6 Å².